The van der Waals surface area contributed by atoms with Gasteiger partial charge in [-0.15, -0.1) is 0 Å². The zero-order valence-corrected chi connectivity index (χ0v) is 9.62. The normalized spacial score (nSPS) is 19.1. The first-order valence-corrected chi connectivity index (χ1v) is 5.47. The first kappa shape index (κ1) is 13.2. The van der Waals surface area contributed by atoms with Crippen LogP contribution in [0.4, 0.5) is 4.79 Å². The molecular formula is C10H20N2O4. The van der Waals surface area contributed by atoms with Crippen molar-refractivity contribution in [2.24, 2.45) is 0 Å². The molecule has 0 aromatic rings. The van der Waals surface area contributed by atoms with Crippen molar-refractivity contribution in [3.63, 3.8) is 0 Å². The van der Waals surface area contributed by atoms with Crippen LogP contribution in [0.3, 0.4) is 0 Å². The van der Waals surface area contributed by atoms with Crippen LogP contribution in [0.1, 0.15) is 12.8 Å². The molecule has 6 heteroatoms. The first-order chi connectivity index (χ1) is 7.66. The maximum Gasteiger partial charge on any atom is 0.314 e. The Kier molecular flexibility index (Phi) is 5.51. The van der Waals surface area contributed by atoms with Gasteiger partial charge in [0.25, 0.3) is 0 Å². The van der Waals surface area contributed by atoms with Crippen molar-refractivity contribution < 1.29 is 19.4 Å². The first-order valence-electron chi connectivity index (χ1n) is 5.47. The van der Waals surface area contributed by atoms with E-state index in [9.17, 15) is 9.90 Å². The van der Waals surface area contributed by atoms with Crippen molar-refractivity contribution in [1.82, 2.24) is 10.6 Å². The van der Waals surface area contributed by atoms with E-state index in [1.807, 2.05) is 0 Å². The quantitative estimate of drug-likeness (QED) is 0.557. The molecule has 16 heavy (non-hydrogen) atoms. The van der Waals surface area contributed by atoms with E-state index in [0.717, 1.165) is 0 Å². The number of amides is 2. The zero-order chi connectivity index (χ0) is 11.9. The number of carbonyl (C=O) groups is 1. The smallest absolute Gasteiger partial charge is 0.314 e. The molecule has 0 aromatic heterocycles. The predicted octanol–water partition coefficient (Wildman–Crippen LogP) is -0.526. The second kappa shape index (κ2) is 6.67. The number of nitrogens with one attached hydrogen (secondary N) is 2. The molecule has 0 atom stereocenters. The Hall–Kier alpha value is -0.850. The van der Waals surface area contributed by atoms with Crippen LogP contribution in [0.15, 0.2) is 0 Å². The summed E-state index contributed by atoms with van der Waals surface area (Å²) in [5.41, 5.74) is -0.823. The Balaban J connectivity index is 2.14. The van der Waals surface area contributed by atoms with Gasteiger partial charge in [0, 0.05) is 46.3 Å². The number of carbonyl (C=O) groups excluding carboxylic acids is 1. The van der Waals surface area contributed by atoms with Crippen LogP contribution < -0.4 is 10.6 Å². The summed E-state index contributed by atoms with van der Waals surface area (Å²) >= 11 is 0. The highest BCUT2D eigenvalue weighted by Gasteiger charge is 2.29. The molecule has 0 spiro atoms. The van der Waals surface area contributed by atoms with Gasteiger partial charge in [-0.2, -0.15) is 0 Å². The lowest BCUT2D eigenvalue weighted by molar-refractivity contribution is -0.0600. The van der Waals surface area contributed by atoms with Crippen LogP contribution in [0.5, 0.6) is 0 Å². The lowest BCUT2D eigenvalue weighted by Crippen LogP contribution is -2.49. The monoisotopic (exact) mass is 232 g/mol. The summed E-state index contributed by atoms with van der Waals surface area (Å²) in [7, 11) is 1.57. The number of urea groups is 1. The molecule has 0 unspecified atom stereocenters. The molecule has 0 radical (unpaired) electrons. The fourth-order valence-electron chi connectivity index (χ4n) is 1.50. The van der Waals surface area contributed by atoms with E-state index in [4.69, 9.17) is 9.47 Å². The van der Waals surface area contributed by atoms with E-state index in [1.165, 1.54) is 0 Å². The molecule has 1 saturated heterocycles. The van der Waals surface area contributed by atoms with Crippen LogP contribution in [0.25, 0.3) is 0 Å². The van der Waals surface area contributed by atoms with Gasteiger partial charge < -0.3 is 25.2 Å². The number of ether oxygens (including phenoxy) is 2. The molecule has 1 aliphatic rings. The van der Waals surface area contributed by atoms with Crippen LogP contribution in [0.2, 0.25) is 0 Å². The highest BCUT2D eigenvalue weighted by molar-refractivity contribution is 5.73. The Morgan fingerprint density at radius 2 is 2.12 bits per heavy atom. The van der Waals surface area contributed by atoms with E-state index in [0.29, 0.717) is 39.2 Å². The van der Waals surface area contributed by atoms with E-state index >= 15 is 0 Å². The Bertz CT molecular complexity index is 217. The highest BCUT2D eigenvalue weighted by atomic mass is 16.5. The maximum atomic E-state index is 11.3. The topological polar surface area (TPSA) is 79.8 Å². The summed E-state index contributed by atoms with van der Waals surface area (Å²) < 4.78 is 9.94. The Morgan fingerprint density at radius 3 is 2.75 bits per heavy atom. The SMILES string of the molecule is COCCNC(=O)NCC1(O)CCOCC1. The maximum absolute atomic E-state index is 11.3. The molecule has 3 N–H and O–H groups in total. The molecule has 0 aromatic carbocycles. The lowest BCUT2D eigenvalue weighted by Gasteiger charge is -2.32. The second-order valence-electron chi connectivity index (χ2n) is 3.94. The average Bonchev–Trinajstić information content (AvgIpc) is 2.28. The van der Waals surface area contributed by atoms with Gasteiger partial charge in [0.05, 0.1) is 12.2 Å². The molecular weight excluding hydrogens is 212 g/mol. The van der Waals surface area contributed by atoms with Crippen molar-refractivity contribution in [3.8, 4) is 0 Å². The van der Waals surface area contributed by atoms with Gasteiger partial charge in [0.1, 0.15) is 0 Å². The minimum atomic E-state index is -0.823. The van der Waals surface area contributed by atoms with Crippen LogP contribution in [-0.2, 0) is 9.47 Å². The fraction of sp³-hybridized carbons (Fsp3) is 0.900. The Labute approximate surface area is 95.3 Å². The van der Waals surface area contributed by atoms with E-state index in [2.05, 4.69) is 10.6 Å². The van der Waals surface area contributed by atoms with Crippen molar-refractivity contribution in [2.75, 3.05) is 40.0 Å². The zero-order valence-electron chi connectivity index (χ0n) is 9.62. The van der Waals surface area contributed by atoms with E-state index < -0.39 is 5.60 Å². The molecule has 1 aliphatic heterocycles. The summed E-state index contributed by atoms with van der Waals surface area (Å²) in [6.45, 7) is 2.29. The summed E-state index contributed by atoms with van der Waals surface area (Å²) in [4.78, 5) is 11.3. The molecule has 94 valence electrons. The second-order valence-corrected chi connectivity index (χ2v) is 3.94. The summed E-state index contributed by atoms with van der Waals surface area (Å²) in [5, 5.41) is 15.3. The molecule has 1 fully saturated rings. The number of aliphatic hydroxyl groups is 1. The molecule has 1 heterocycles. The largest absolute Gasteiger partial charge is 0.388 e. The third-order valence-corrected chi connectivity index (χ3v) is 2.59. The summed E-state index contributed by atoms with van der Waals surface area (Å²) in [5.74, 6) is 0. The lowest BCUT2D eigenvalue weighted by atomic mass is 9.94. The molecule has 1 rings (SSSR count). The number of rotatable bonds is 5. The van der Waals surface area contributed by atoms with Crippen molar-refractivity contribution >= 4 is 6.03 Å². The van der Waals surface area contributed by atoms with Crippen molar-refractivity contribution in [2.45, 2.75) is 18.4 Å². The Morgan fingerprint density at radius 1 is 1.44 bits per heavy atom. The van der Waals surface area contributed by atoms with Crippen LogP contribution in [-0.4, -0.2) is 56.8 Å². The van der Waals surface area contributed by atoms with E-state index in [1.54, 1.807) is 7.11 Å². The van der Waals surface area contributed by atoms with Gasteiger partial charge >= 0.3 is 6.03 Å². The van der Waals surface area contributed by atoms with Gasteiger partial charge in [0.15, 0.2) is 0 Å². The molecule has 2 amide bonds. The number of hydrogen-bond acceptors (Lipinski definition) is 4. The van der Waals surface area contributed by atoms with Gasteiger partial charge in [-0.3, -0.25) is 0 Å². The van der Waals surface area contributed by atoms with Gasteiger partial charge in [0.2, 0.25) is 0 Å². The van der Waals surface area contributed by atoms with Gasteiger partial charge in [-0.1, -0.05) is 0 Å². The van der Waals surface area contributed by atoms with E-state index in [-0.39, 0.29) is 12.6 Å². The molecule has 0 bridgehead atoms. The van der Waals surface area contributed by atoms with Gasteiger partial charge in [-0.05, 0) is 0 Å². The molecule has 6 nitrogen and oxygen atoms in total. The summed E-state index contributed by atoms with van der Waals surface area (Å²) in [6.07, 6.45) is 1.12. The van der Waals surface area contributed by atoms with Crippen molar-refractivity contribution in [3.05, 3.63) is 0 Å². The van der Waals surface area contributed by atoms with Gasteiger partial charge in [-0.25, -0.2) is 4.79 Å². The summed E-state index contributed by atoms with van der Waals surface area (Å²) in [6, 6.07) is -0.281. The number of hydrogen-bond donors (Lipinski definition) is 3. The predicted molar refractivity (Wildman–Crippen MR) is 58.3 cm³/mol. The average molecular weight is 232 g/mol. The van der Waals surface area contributed by atoms with Crippen LogP contribution in [0, 0.1) is 0 Å². The number of methoxy groups -OCH3 is 1. The third-order valence-electron chi connectivity index (χ3n) is 2.59. The minimum Gasteiger partial charge on any atom is -0.388 e. The standard InChI is InChI=1S/C10H20N2O4/c1-15-7-4-11-9(13)12-8-10(14)2-5-16-6-3-10/h14H,2-8H2,1H3,(H2,11,12,13). The fourth-order valence-corrected chi connectivity index (χ4v) is 1.50. The highest BCUT2D eigenvalue weighted by Crippen LogP contribution is 2.18. The minimum absolute atomic E-state index is 0.259. The molecule has 0 aliphatic carbocycles. The third kappa shape index (κ3) is 4.78. The van der Waals surface area contributed by atoms with Crippen LogP contribution >= 0.6 is 0 Å². The molecule has 0 saturated carbocycles. The van der Waals surface area contributed by atoms with Crippen molar-refractivity contribution in [1.29, 1.82) is 0 Å².